The molecule has 1 N–H and O–H groups in total. The molecule has 2 aromatic carbocycles. The normalized spacial score (nSPS) is 14.3. The van der Waals surface area contributed by atoms with Crippen molar-refractivity contribution in [1.29, 1.82) is 0 Å². The van der Waals surface area contributed by atoms with Crippen molar-refractivity contribution >= 4 is 39.3 Å². The first-order valence-corrected chi connectivity index (χ1v) is 6.84. The fourth-order valence-electron chi connectivity index (χ4n) is 2.58. The highest BCUT2D eigenvalue weighted by Crippen LogP contribution is 2.31. The van der Waals surface area contributed by atoms with Crippen LogP contribution in [0.25, 0.3) is 21.8 Å². The number of rotatable bonds is 2. The van der Waals surface area contributed by atoms with Gasteiger partial charge in [0.15, 0.2) is 0 Å². The number of benzene rings is 2. The van der Waals surface area contributed by atoms with Crippen LogP contribution in [-0.2, 0) is 9.59 Å². The molecule has 1 aromatic heterocycles. The average molecular weight is 289 g/mol. The van der Waals surface area contributed by atoms with Crippen LogP contribution in [0, 0.1) is 0 Å². The van der Waals surface area contributed by atoms with Gasteiger partial charge in [-0.15, -0.1) is 0 Å². The number of carbonyl (C=O) groups excluding carboxylic acids is 2. The molecule has 0 saturated heterocycles. The number of hydrogen-bond acceptors (Lipinski definition) is 4. The number of pyridine rings is 1. The third-order valence-electron chi connectivity index (χ3n) is 3.62. The Kier molecular flexibility index (Phi) is 2.66. The molecular formula is C17H11N3O2. The predicted molar refractivity (Wildman–Crippen MR) is 83.9 cm³/mol. The monoisotopic (exact) mass is 289 g/mol. The molecule has 5 heteroatoms. The van der Waals surface area contributed by atoms with Crippen LogP contribution in [0.4, 0.5) is 5.69 Å². The van der Waals surface area contributed by atoms with E-state index in [1.54, 1.807) is 0 Å². The summed E-state index contributed by atoms with van der Waals surface area (Å²) in [6.07, 6.45) is 2.50. The molecule has 3 aromatic rings. The Balaban J connectivity index is 1.96. The predicted octanol–water partition coefficient (Wildman–Crippen LogP) is 2.64. The van der Waals surface area contributed by atoms with E-state index >= 15 is 0 Å². The van der Waals surface area contributed by atoms with Gasteiger partial charge < -0.3 is 0 Å². The van der Waals surface area contributed by atoms with E-state index in [1.807, 2.05) is 48.5 Å². The minimum atomic E-state index is -0.380. The lowest BCUT2D eigenvalue weighted by Crippen LogP contribution is -2.35. The summed E-state index contributed by atoms with van der Waals surface area (Å²) in [5, 5.41) is 2.72. The van der Waals surface area contributed by atoms with Crippen molar-refractivity contribution in [2.24, 2.45) is 0 Å². The summed E-state index contributed by atoms with van der Waals surface area (Å²) in [7, 11) is 0. The largest absolute Gasteiger partial charge is 0.287 e. The second kappa shape index (κ2) is 4.66. The van der Waals surface area contributed by atoms with Gasteiger partial charge in [0, 0.05) is 22.9 Å². The Morgan fingerprint density at radius 1 is 0.773 bits per heavy atom. The topological polar surface area (TPSA) is 62.3 Å². The van der Waals surface area contributed by atoms with E-state index in [4.69, 9.17) is 0 Å². The quantitative estimate of drug-likeness (QED) is 0.582. The number of aromatic nitrogens is 1. The van der Waals surface area contributed by atoms with Gasteiger partial charge in [-0.25, -0.2) is 4.98 Å². The zero-order valence-corrected chi connectivity index (χ0v) is 11.5. The summed E-state index contributed by atoms with van der Waals surface area (Å²) in [5.41, 5.74) is 5.26. The van der Waals surface area contributed by atoms with E-state index < -0.39 is 0 Å². The first-order chi connectivity index (χ1) is 10.7. The number of hydrazine groups is 1. The van der Waals surface area contributed by atoms with Crippen molar-refractivity contribution in [2.75, 3.05) is 5.43 Å². The van der Waals surface area contributed by atoms with Crippen LogP contribution < -0.4 is 5.43 Å². The van der Waals surface area contributed by atoms with Gasteiger partial charge in [0.2, 0.25) is 0 Å². The van der Waals surface area contributed by atoms with Gasteiger partial charge in [0.05, 0.1) is 16.7 Å². The molecular weight excluding hydrogens is 278 g/mol. The molecule has 0 spiro atoms. The highest BCUT2D eigenvalue weighted by Gasteiger charge is 2.24. The first-order valence-electron chi connectivity index (χ1n) is 6.84. The van der Waals surface area contributed by atoms with Crippen LogP contribution in [0.1, 0.15) is 0 Å². The molecule has 2 heterocycles. The highest BCUT2D eigenvalue weighted by molar-refractivity contribution is 6.15. The van der Waals surface area contributed by atoms with E-state index in [-0.39, 0.29) is 11.8 Å². The van der Waals surface area contributed by atoms with E-state index in [1.165, 1.54) is 12.2 Å². The van der Waals surface area contributed by atoms with Crippen molar-refractivity contribution in [3.05, 3.63) is 60.7 Å². The summed E-state index contributed by atoms with van der Waals surface area (Å²) in [5.74, 6) is -0.759. The number of anilines is 1. The average Bonchev–Trinajstić information content (AvgIpc) is 2.86. The molecule has 0 radical (unpaired) electrons. The van der Waals surface area contributed by atoms with Crippen LogP contribution >= 0.6 is 0 Å². The maximum absolute atomic E-state index is 11.8. The molecule has 2 amide bonds. The van der Waals surface area contributed by atoms with Crippen LogP contribution in [-0.4, -0.2) is 21.8 Å². The number of nitrogens with one attached hydrogen (secondary N) is 1. The zero-order valence-electron chi connectivity index (χ0n) is 11.5. The number of nitrogens with zero attached hydrogens (tertiary/aromatic N) is 2. The number of fused-ring (bicyclic) bond motifs is 2. The van der Waals surface area contributed by atoms with Crippen LogP contribution in [0.3, 0.4) is 0 Å². The Morgan fingerprint density at radius 2 is 1.27 bits per heavy atom. The second-order valence-corrected chi connectivity index (χ2v) is 4.98. The molecule has 1 aliphatic heterocycles. The van der Waals surface area contributed by atoms with Gasteiger partial charge in [-0.2, -0.15) is 5.01 Å². The van der Waals surface area contributed by atoms with Crippen molar-refractivity contribution < 1.29 is 9.59 Å². The SMILES string of the molecule is O=C1C=CC(=O)N1Nc1c2ccccc2nc2ccccc12. The molecule has 0 atom stereocenters. The Morgan fingerprint density at radius 3 is 1.82 bits per heavy atom. The van der Waals surface area contributed by atoms with Crippen LogP contribution in [0.5, 0.6) is 0 Å². The lowest BCUT2D eigenvalue weighted by molar-refractivity contribution is -0.135. The van der Waals surface area contributed by atoms with Crippen molar-refractivity contribution in [3.63, 3.8) is 0 Å². The number of imide groups is 1. The molecule has 0 bridgehead atoms. The minimum Gasteiger partial charge on any atom is -0.287 e. The van der Waals surface area contributed by atoms with E-state index in [9.17, 15) is 9.59 Å². The molecule has 4 rings (SSSR count). The molecule has 0 fully saturated rings. The lowest BCUT2D eigenvalue weighted by atomic mass is 10.1. The highest BCUT2D eigenvalue weighted by atomic mass is 16.2. The molecule has 0 unspecified atom stereocenters. The fraction of sp³-hybridized carbons (Fsp3) is 0. The maximum atomic E-state index is 11.8. The van der Waals surface area contributed by atoms with E-state index in [0.717, 1.165) is 26.8 Å². The lowest BCUT2D eigenvalue weighted by Gasteiger charge is -2.19. The number of para-hydroxylation sites is 2. The summed E-state index contributed by atoms with van der Waals surface area (Å²) in [6.45, 7) is 0. The molecule has 0 saturated carbocycles. The van der Waals surface area contributed by atoms with Crippen LogP contribution in [0.2, 0.25) is 0 Å². The third kappa shape index (κ3) is 1.83. The van der Waals surface area contributed by atoms with Crippen molar-refractivity contribution in [1.82, 2.24) is 9.99 Å². The zero-order chi connectivity index (χ0) is 15.1. The van der Waals surface area contributed by atoms with Gasteiger partial charge in [-0.3, -0.25) is 15.0 Å². The number of hydrogen-bond donors (Lipinski definition) is 1. The van der Waals surface area contributed by atoms with Gasteiger partial charge in [0.1, 0.15) is 0 Å². The number of carbonyl (C=O) groups is 2. The molecule has 0 aliphatic carbocycles. The summed E-state index contributed by atoms with van der Waals surface area (Å²) < 4.78 is 0. The second-order valence-electron chi connectivity index (χ2n) is 4.98. The Bertz CT molecular complexity index is 890. The van der Waals surface area contributed by atoms with Gasteiger partial charge in [-0.1, -0.05) is 36.4 Å². The summed E-state index contributed by atoms with van der Waals surface area (Å²) >= 11 is 0. The maximum Gasteiger partial charge on any atom is 0.272 e. The van der Waals surface area contributed by atoms with Gasteiger partial charge >= 0.3 is 0 Å². The van der Waals surface area contributed by atoms with Crippen LogP contribution in [0.15, 0.2) is 60.7 Å². The number of amides is 2. The minimum absolute atomic E-state index is 0.380. The van der Waals surface area contributed by atoms with Crippen molar-refractivity contribution in [3.8, 4) is 0 Å². The fourth-order valence-corrected chi connectivity index (χ4v) is 2.58. The van der Waals surface area contributed by atoms with Gasteiger partial charge in [0.25, 0.3) is 11.8 Å². The van der Waals surface area contributed by atoms with E-state index in [0.29, 0.717) is 5.69 Å². The molecule has 1 aliphatic rings. The third-order valence-corrected chi connectivity index (χ3v) is 3.62. The van der Waals surface area contributed by atoms with Crippen molar-refractivity contribution in [2.45, 2.75) is 0 Å². The van der Waals surface area contributed by atoms with Gasteiger partial charge in [-0.05, 0) is 12.1 Å². The summed E-state index contributed by atoms with van der Waals surface area (Å²) in [4.78, 5) is 28.2. The molecule has 22 heavy (non-hydrogen) atoms. The van der Waals surface area contributed by atoms with E-state index in [2.05, 4.69) is 10.4 Å². The summed E-state index contributed by atoms with van der Waals surface area (Å²) in [6, 6.07) is 15.2. The Hall–Kier alpha value is -3.21. The standard InChI is InChI=1S/C17H11N3O2/c21-15-9-10-16(22)20(15)19-17-11-5-1-3-7-13(11)18-14-8-4-2-6-12(14)17/h1-10H,(H,18,19). The smallest absolute Gasteiger partial charge is 0.272 e. The Labute approximate surface area is 125 Å². The molecule has 106 valence electrons. The molecule has 5 nitrogen and oxygen atoms in total. The first kappa shape index (κ1) is 12.5.